The largest absolute Gasteiger partial charge is 0.476 e. The van der Waals surface area contributed by atoms with E-state index in [1.807, 2.05) is 5.38 Å². The summed E-state index contributed by atoms with van der Waals surface area (Å²) in [6, 6.07) is 0. The third-order valence-electron chi connectivity index (χ3n) is 1.72. The van der Waals surface area contributed by atoms with Gasteiger partial charge in [0.25, 0.3) is 0 Å². The topological polar surface area (TPSA) is 76.2 Å². The molecule has 78 valence electrons. The lowest BCUT2D eigenvalue weighted by molar-refractivity contribution is -0.129. The summed E-state index contributed by atoms with van der Waals surface area (Å²) in [6.45, 7) is 0. The summed E-state index contributed by atoms with van der Waals surface area (Å²) >= 11 is 1.42. The van der Waals surface area contributed by atoms with Crippen molar-refractivity contribution in [1.82, 2.24) is 9.38 Å². The highest BCUT2D eigenvalue weighted by molar-refractivity contribution is 7.15. The van der Waals surface area contributed by atoms with Crippen LogP contribution >= 0.6 is 11.3 Å². The summed E-state index contributed by atoms with van der Waals surface area (Å²) in [7, 11) is 1.29. The molecule has 2 rings (SSSR count). The number of thiazole rings is 1. The lowest BCUT2D eigenvalue weighted by Gasteiger charge is -1.94. The number of hydrogen-bond donors (Lipinski definition) is 1. The fourth-order valence-corrected chi connectivity index (χ4v) is 1.83. The van der Waals surface area contributed by atoms with Crippen LogP contribution in [0.3, 0.4) is 0 Å². The molecule has 0 spiro atoms. The lowest BCUT2D eigenvalue weighted by atomic mass is 10.3. The second-order valence-electron chi connectivity index (χ2n) is 2.65. The van der Waals surface area contributed by atoms with Crippen LogP contribution in [0.2, 0.25) is 0 Å². The van der Waals surface area contributed by atoms with Crippen molar-refractivity contribution in [1.29, 1.82) is 0 Å². The zero-order chi connectivity index (χ0) is 10.8. The minimum atomic E-state index is -1.16. The molecular weight excluding hydrogens is 218 g/mol. The van der Waals surface area contributed by atoms with E-state index in [0.717, 1.165) is 4.96 Å². The number of carbonyl (C=O) groups is 1. The van der Waals surface area contributed by atoms with Crippen LogP contribution in [0.25, 0.3) is 4.96 Å². The number of carboxylic acid groups (broad SMARTS) is 1. The first kappa shape index (κ1) is 9.66. The average molecular weight is 225 g/mol. The number of fused-ring (bicyclic) bond motifs is 1. The molecule has 0 aliphatic heterocycles. The Labute approximate surface area is 88.4 Å². The van der Waals surface area contributed by atoms with Gasteiger partial charge in [0.2, 0.25) is 5.71 Å². The Morgan fingerprint density at radius 2 is 2.53 bits per heavy atom. The van der Waals surface area contributed by atoms with Gasteiger partial charge < -0.3 is 9.94 Å². The quantitative estimate of drug-likeness (QED) is 0.620. The van der Waals surface area contributed by atoms with Crippen molar-refractivity contribution >= 4 is 28.0 Å². The summed E-state index contributed by atoms with van der Waals surface area (Å²) in [4.78, 5) is 20.1. The highest BCUT2D eigenvalue weighted by Gasteiger charge is 2.17. The maximum absolute atomic E-state index is 10.8. The molecular formula is C8H7N3O3S. The maximum atomic E-state index is 10.8. The number of aliphatic carboxylic acids is 1. The molecule has 6 nitrogen and oxygen atoms in total. The Morgan fingerprint density at radius 3 is 3.13 bits per heavy atom. The van der Waals surface area contributed by atoms with Gasteiger partial charge in [-0.05, 0) is 0 Å². The van der Waals surface area contributed by atoms with E-state index in [1.54, 1.807) is 16.8 Å². The molecule has 0 bridgehead atoms. The summed E-state index contributed by atoms with van der Waals surface area (Å²) in [5, 5.41) is 14.1. The van der Waals surface area contributed by atoms with Crippen LogP contribution in [0.4, 0.5) is 0 Å². The molecule has 0 unspecified atom stereocenters. The number of carboxylic acids is 1. The minimum Gasteiger partial charge on any atom is -0.476 e. The van der Waals surface area contributed by atoms with E-state index < -0.39 is 5.97 Å². The van der Waals surface area contributed by atoms with Gasteiger partial charge >= 0.3 is 5.97 Å². The van der Waals surface area contributed by atoms with E-state index >= 15 is 0 Å². The van der Waals surface area contributed by atoms with Gasteiger partial charge in [0, 0.05) is 17.8 Å². The minimum absolute atomic E-state index is 0.201. The molecule has 0 aliphatic carbocycles. The van der Waals surface area contributed by atoms with Crippen LogP contribution < -0.4 is 0 Å². The zero-order valence-electron chi connectivity index (χ0n) is 7.75. The summed E-state index contributed by atoms with van der Waals surface area (Å²) < 4.78 is 1.73. The first-order chi connectivity index (χ1) is 7.22. The second-order valence-corrected chi connectivity index (χ2v) is 3.52. The van der Waals surface area contributed by atoms with Gasteiger partial charge in [0.05, 0.1) is 0 Å². The Bertz CT molecular complexity index is 499. The molecule has 7 heteroatoms. The number of oxime groups is 1. The predicted molar refractivity (Wildman–Crippen MR) is 54.3 cm³/mol. The number of nitrogens with zero attached hydrogens (tertiary/aromatic N) is 3. The lowest BCUT2D eigenvalue weighted by Crippen LogP contribution is -2.15. The summed E-state index contributed by atoms with van der Waals surface area (Å²) in [5.41, 5.74) is 0.0876. The van der Waals surface area contributed by atoms with Gasteiger partial charge in [-0.1, -0.05) is 5.16 Å². The van der Waals surface area contributed by atoms with Gasteiger partial charge in [-0.15, -0.1) is 11.3 Å². The van der Waals surface area contributed by atoms with Crippen molar-refractivity contribution in [2.75, 3.05) is 7.11 Å². The average Bonchev–Trinajstić information content (AvgIpc) is 2.72. The molecule has 0 atom stereocenters. The number of imidazole rings is 1. The van der Waals surface area contributed by atoms with Crippen molar-refractivity contribution in [3.05, 3.63) is 23.5 Å². The molecule has 2 aromatic heterocycles. The fraction of sp³-hybridized carbons (Fsp3) is 0.125. The number of rotatable bonds is 3. The third-order valence-corrected chi connectivity index (χ3v) is 2.49. The molecule has 0 saturated heterocycles. The van der Waals surface area contributed by atoms with Gasteiger partial charge in [-0.3, -0.25) is 4.40 Å². The molecule has 0 fully saturated rings. The molecule has 0 saturated carbocycles. The van der Waals surface area contributed by atoms with Crippen molar-refractivity contribution in [3.63, 3.8) is 0 Å². The van der Waals surface area contributed by atoms with Crippen LogP contribution in [0.1, 0.15) is 5.69 Å². The van der Waals surface area contributed by atoms with Crippen LogP contribution in [0, 0.1) is 0 Å². The maximum Gasteiger partial charge on any atom is 0.360 e. The fourth-order valence-electron chi connectivity index (χ4n) is 1.13. The van der Waals surface area contributed by atoms with E-state index in [0.29, 0.717) is 0 Å². The Balaban J connectivity index is 2.48. The second kappa shape index (κ2) is 3.70. The van der Waals surface area contributed by atoms with Gasteiger partial charge in [-0.2, -0.15) is 0 Å². The molecule has 2 aromatic rings. The van der Waals surface area contributed by atoms with Crippen molar-refractivity contribution in [2.24, 2.45) is 5.16 Å². The normalized spacial score (nSPS) is 11.9. The van der Waals surface area contributed by atoms with E-state index in [9.17, 15) is 4.79 Å². The van der Waals surface area contributed by atoms with E-state index in [4.69, 9.17) is 5.11 Å². The highest BCUT2D eigenvalue weighted by Crippen LogP contribution is 2.12. The van der Waals surface area contributed by atoms with E-state index in [1.165, 1.54) is 18.4 Å². The Hall–Kier alpha value is -1.89. The van der Waals surface area contributed by atoms with Gasteiger partial charge in [0.1, 0.15) is 12.8 Å². The predicted octanol–water partition coefficient (Wildman–Crippen LogP) is 0.831. The number of hydrogen-bond acceptors (Lipinski definition) is 5. The molecule has 0 radical (unpaired) electrons. The molecule has 1 N–H and O–H groups in total. The zero-order valence-corrected chi connectivity index (χ0v) is 8.56. The smallest absolute Gasteiger partial charge is 0.360 e. The monoisotopic (exact) mass is 225 g/mol. The molecule has 0 aromatic carbocycles. The molecule has 15 heavy (non-hydrogen) atoms. The first-order valence-electron chi connectivity index (χ1n) is 3.99. The summed E-state index contributed by atoms with van der Waals surface area (Å²) in [5.74, 6) is -1.16. The third kappa shape index (κ3) is 1.68. The highest BCUT2D eigenvalue weighted by atomic mass is 32.1. The van der Waals surface area contributed by atoms with Crippen LogP contribution in [-0.2, 0) is 9.63 Å². The van der Waals surface area contributed by atoms with Crippen molar-refractivity contribution in [2.45, 2.75) is 0 Å². The van der Waals surface area contributed by atoms with E-state index in [2.05, 4.69) is 15.0 Å². The van der Waals surface area contributed by atoms with Crippen molar-refractivity contribution < 1.29 is 14.7 Å². The SMILES string of the molecule is CO/N=C(/C(=O)O)c1cn2ccsc2n1. The van der Waals surface area contributed by atoms with Crippen molar-refractivity contribution in [3.8, 4) is 0 Å². The number of aromatic nitrogens is 2. The first-order valence-corrected chi connectivity index (χ1v) is 4.87. The van der Waals surface area contributed by atoms with Crippen LogP contribution in [0.5, 0.6) is 0 Å². The van der Waals surface area contributed by atoms with E-state index in [-0.39, 0.29) is 11.4 Å². The molecule has 0 amide bonds. The molecule has 0 aliphatic rings. The Morgan fingerprint density at radius 1 is 1.73 bits per heavy atom. The van der Waals surface area contributed by atoms with Gasteiger partial charge in [-0.25, -0.2) is 9.78 Å². The van der Waals surface area contributed by atoms with Crippen LogP contribution in [-0.4, -0.2) is 33.3 Å². The summed E-state index contributed by atoms with van der Waals surface area (Å²) in [6.07, 6.45) is 3.39. The standard InChI is InChI=1S/C8H7N3O3S/c1-14-10-6(7(12)13)5-4-11-2-3-15-8(11)9-5/h2-4H,1H3,(H,12,13)/b10-6+. The van der Waals surface area contributed by atoms with Crippen LogP contribution in [0.15, 0.2) is 22.9 Å². The Kier molecular flexibility index (Phi) is 2.38. The van der Waals surface area contributed by atoms with Gasteiger partial charge in [0.15, 0.2) is 4.96 Å². The molecule has 2 heterocycles.